The van der Waals surface area contributed by atoms with Gasteiger partial charge in [0.05, 0.1) is 10.2 Å². The summed E-state index contributed by atoms with van der Waals surface area (Å²) in [5.41, 5.74) is 1.93. The molecule has 0 atom stereocenters. The van der Waals surface area contributed by atoms with Crippen LogP contribution in [-0.4, -0.2) is 9.97 Å². The molecule has 2 aromatic carbocycles. The monoisotopic (exact) mass is 360 g/mol. The van der Waals surface area contributed by atoms with Gasteiger partial charge in [-0.05, 0) is 32.6 Å². The number of rotatable bonds is 2. The van der Waals surface area contributed by atoms with Crippen LogP contribution in [0.5, 0.6) is 0 Å². The molecular weight excluding hydrogens is 348 g/mol. The van der Waals surface area contributed by atoms with E-state index in [9.17, 15) is 0 Å². The fraction of sp³-hybridized carbons (Fsp3) is 0.176. The molecule has 3 aromatic rings. The maximum Gasteiger partial charge on any atom is 0.161 e. The first-order chi connectivity index (χ1) is 10.1. The van der Waals surface area contributed by atoms with E-state index in [4.69, 9.17) is 16.6 Å². The second-order valence-electron chi connectivity index (χ2n) is 5.22. The van der Waals surface area contributed by atoms with E-state index in [0.29, 0.717) is 11.0 Å². The molecule has 0 radical (unpaired) electrons. The average Bonchev–Trinajstić information content (AvgIpc) is 2.49. The van der Waals surface area contributed by atoms with Crippen molar-refractivity contribution in [3.05, 3.63) is 57.8 Å². The fourth-order valence-electron chi connectivity index (χ4n) is 2.36. The van der Waals surface area contributed by atoms with Gasteiger partial charge >= 0.3 is 0 Å². The summed E-state index contributed by atoms with van der Waals surface area (Å²) in [7, 11) is 0. The van der Waals surface area contributed by atoms with Gasteiger partial charge in [-0.15, -0.1) is 0 Å². The van der Waals surface area contributed by atoms with Crippen molar-refractivity contribution in [2.75, 3.05) is 0 Å². The van der Waals surface area contributed by atoms with E-state index in [0.717, 1.165) is 21.1 Å². The zero-order valence-electron chi connectivity index (χ0n) is 11.8. The lowest BCUT2D eigenvalue weighted by molar-refractivity contribution is 0.809. The predicted octanol–water partition coefficient (Wildman–Crippen LogP) is 5.84. The molecule has 0 saturated carbocycles. The number of fused-ring (bicyclic) bond motifs is 1. The van der Waals surface area contributed by atoms with Gasteiger partial charge < -0.3 is 0 Å². The van der Waals surface area contributed by atoms with Crippen molar-refractivity contribution in [3.63, 3.8) is 0 Å². The SMILES string of the molecule is CC(C)c1nc(-c2cccc3ccccc23)nc(Cl)c1Br. The molecule has 0 fully saturated rings. The van der Waals surface area contributed by atoms with E-state index in [1.807, 2.05) is 24.3 Å². The maximum absolute atomic E-state index is 6.27. The van der Waals surface area contributed by atoms with Gasteiger partial charge in [0.1, 0.15) is 5.15 Å². The molecule has 4 heteroatoms. The summed E-state index contributed by atoms with van der Waals surface area (Å²) in [4.78, 5) is 9.15. The van der Waals surface area contributed by atoms with Gasteiger partial charge in [-0.2, -0.15) is 0 Å². The highest BCUT2D eigenvalue weighted by atomic mass is 79.9. The van der Waals surface area contributed by atoms with Crippen LogP contribution in [0.4, 0.5) is 0 Å². The Balaban J connectivity index is 2.28. The smallest absolute Gasteiger partial charge is 0.161 e. The second-order valence-corrected chi connectivity index (χ2v) is 6.37. The van der Waals surface area contributed by atoms with Gasteiger partial charge in [-0.1, -0.05) is 67.9 Å². The Kier molecular flexibility index (Phi) is 3.96. The first-order valence-corrected chi connectivity index (χ1v) is 7.96. The van der Waals surface area contributed by atoms with Crippen LogP contribution in [0.3, 0.4) is 0 Å². The molecule has 0 spiro atoms. The van der Waals surface area contributed by atoms with Gasteiger partial charge in [-0.25, -0.2) is 9.97 Å². The summed E-state index contributed by atoms with van der Waals surface area (Å²) >= 11 is 9.75. The summed E-state index contributed by atoms with van der Waals surface area (Å²) in [5, 5.41) is 2.76. The molecule has 0 aliphatic heterocycles. The lowest BCUT2D eigenvalue weighted by atomic mass is 10.0. The highest BCUT2D eigenvalue weighted by Gasteiger charge is 2.15. The maximum atomic E-state index is 6.27. The third kappa shape index (κ3) is 2.68. The van der Waals surface area contributed by atoms with Crippen LogP contribution in [0.15, 0.2) is 46.9 Å². The van der Waals surface area contributed by atoms with Crippen LogP contribution in [0.25, 0.3) is 22.2 Å². The van der Waals surface area contributed by atoms with Crippen molar-refractivity contribution in [2.24, 2.45) is 0 Å². The molecule has 0 aliphatic rings. The number of hydrogen-bond donors (Lipinski definition) is 0. The zero-order valence-corrected chi connectivity index (χ0v) is 14.1. The largest absolute Gasteiger partial charge is 0.231 e. The van der Waals surface area contributed by atoms with E-state index < -0.39 is 0 Å². The van der Waals surface area contributed by atoms with Crippen LogP contribution in [0.2, 0.25) is 5.15 Å². The molecule has 21 heavy (non-hydrogen) atoms. The van der Waals surface area contributed by atoms with Crippen LogP contribution in [-0.2, 0) is 0 Å². The minimum absolute atomic E-state index is 0.272. The van der Waals surface area contributed by atoms with Gasteiger partial charge in [0, 0.05) is 5.56 Å². The van der Waals surface area contributed by atoms with Crippen LogP contribution in [0, 0.1) is 0 Å². The van der Waals surface area contributed by atoms with E-state index in [-0.39, 0.29) is 5.92 Å². The first-order valence-electron chi connectivity index (χ1n) is 6.79. The van der Waals surface area contributed by atoms with E-state index >= 15 is 0 Å². The second kappa shape index (κ2) is 5.74. The first kappa shape index (κ1) is 14.5. The fourth-order valence-corrected chi connectivity index (χ4v) is 3.17. The molecule has 0 bridgehead atoms. The Bertz CT molecular complexity index is 810. The van der Waals surface area contributed by atoms with Crippen LogP contribution >= 0.6 is 27.5 Å². The van der Waals surface area contributed by atoms with Gasteiger partial charge in [0.15, 0.2) is 5.82 Å². The lowest BCUT2D eigenvalue weighted by Crippen LogP contribution is -2.00. The highest BCUT2D eigenvalue weighted by Crippen LogP contribution is 2.33. The van der Waals surface area contributed by atoms with Crippen molar-refractivity contribution < 1.29 is 0 Å². The molecule has 3 rings (SSSR count). The van der Waals surface area contributed by atoms with Crippen LogP contribution < -0.4 is 0 Å². The Hall–Kier alpha value is -1.45. The molecule has 0 aliphatic carbocycles. The molecular formula is C17H14BrClN2. The van der Waals surface area contributed by atoms with Gasteiger partial charge in [-0.3, -0.25) is 0 Å². The number of nitrogens with zero attached hydrogens (tertiary/aromatic N) is 2. The van der Waals surface area contributed by atoms with E-state index in [1.54, 1.807) is 0 Å². The van der Waals surface area contributed by atoms with Crippen molar-refractivity contribution in [3.8, 4) is 11.4 Å². The molecule has 1 heterocycles. The molecule has 106 valence electrons. The molecule has 0 unspecified atom stereocenters. The Morgan fingerprint density at radius 2 is 1.71 bits per heavy atom. The summed E-state index contributed by atoms with van der Waals surface area (Å²) in [6.45, 7) is 4.19. The van der Waals surface area contributed by atoms with Gasteiger partial charge in [0.2, 0.25) is 0 Å². The van der Waals surface area contributed by atoms with Gasteiger partial charge in [0.25, 0.3) is 0 Å². The number of hydrogen-bond acceptors (Lipinski definition) is 2. The standard InChI is InChI=1S/C17H14BrClN2/c1-10(2)15-14(18)16(19)21-17(20-15)13-9-5-7-11-6-3-4-8-12(11)13/h3-10H,1-2H3. The normalized spacial score (nSPS) is 11.3. The minimum Gasteiger partial charge on any atom is -0.231 e. The van der Waals surface area contributed by atoms with Crippen molar-refractivity contribution in [1.82, 2.24) is 9.97 Å². The Labute approximate surface area is 137 Å². The average molecular weight is 362 g/mol. The molecule has 0 N–H and O–H groups in total. The summed E-state index contributed by atoms with van der Waals surface area (Å²) < 4.78 is 0.781. The Morgan fingerprint density at radius 3 is 2.48 bits per heavy atom. The zero-order chi connectivity index (χ0) is 15.0. The summed E-state index contributed by atoms with van der Waals surface area (Å²) in [5.74, 6) is 0.942. The van der Waals surface area contributed by atoms with Crippen molar-refractivity contribution >= 4 is 38.3 Å². The predicted molar refractivity (Wildman–Crippen MR) is 91.8 cm³/mol. The Morgan fingerprint density at radius 1 is 1.00 bits per heavy atom. The molecule has 2 nitrogen and oxygen atoms in total. The lowest BCUT2D eigenvalue weighted by Gasteiger charge is -2.12. The van der Waals surface area contributed by atoms with E-state index in [2.05, 4.69) is 53.0 Å². The van der Waals surface area contributed by atoms with Crippen LogP contribution in [0.1, 0.15) is 25.5 Å². The molecule has 1 aromatic heterocycles. The number of halogens is 2. The summed E-state index contributed by atoms with van der Waals surface area (Å²) in [6.07, 6.45) is 0. The van der Waals surface area contributed by atoms with Crippen molar-refractivity contribution in [1.29, 1.82) is 0 Å². The summed E-state index contributed by atoms with van der Waals surface area (Å²) in [6, 6.07) is 14.4. The third-order valence-corrected chi connectivity index (χ3v) is 4.70. The van der Waals surface area contributed by atoms with Crippen molar-refractivity contribution in [2.45, 2.75) is 19.8 Å². The minimum atomic E-state index is 0.272. The third-order valence-electron chi connectivity index (χ3n) is 3.41. The molecule has 0 saturated heterocycles. The van der Waals surface area contributed by atoms with E-state index in [1.165, 1.54) is 5.39 Å². The number of benzene rings is 2. The number of aromatic nitrogens is 2. The quantitative estimate of drug-likeness (QED) is 0.536. The highest BCUT2D eigenvalue weighted by molar-refractivity contribution is 9.10. The topological polar surface area (TPSA) is 25.8 Å². The molecule has 0 amide bonds.